The maximum Gasteiger partial charge on any atom is 0.306 e. The fourth-order valence-electron chi connectivity index (χ4n) is 2.67. The van der Waals surface area contributed by atoms with Crippen LogP contribution in [0.5, 0.6) is 11.5 Å². The van der Waals surface area contributed by atoms with Gasteiger partial charge in [-0.3, -0.25) is 14.4 Å². The van der Waals surface area contributed by atoms with Gasteiger partial charge < -0.3 is 24.8 Å². The number of amides is 2. The summed E-state index contributed by atoms with van der Waals surface area (Å²) in [6.45, 7) is 1.06. The smallest absolute Gasteiger partial charge is 0.306 e. The number of rotatable bonds is 10. The molecule has 0 unspecified atom stereocenters. The third-order valence-electron chi connectivity index (χ3n) is 4.42. The molecule has 9 heteroatoms. The molecular weight excluding hydrogens is 424 g/mol. The molecule has 0 heterocycles. The van der Waals surface area contributed by atoms with E-state index in [-0.39, 0.29) is 13.0 Å². The van der Waals surface area contributed by atoms with Crippen molar-refractivity contribution in [3.8, 4) is 11.5 Å². The summed E-state index contributed by atoms with van der Waals surface area (Å²) in [6.07, 6.45) is 0.513. The fraction of sp³-hybridized carbons (Fsp3) is 0.318. The minimum absolute atomic E-state index is 0.0945. The maximum absolute atomic E-state index is 12.0. The zero-order valence-corrected chi connectivity index (χ0v) is 18.4. The number of carbonyl (C=O) groups is 3. The first-order valence-electron chi connectivity index (χ1n) is 9.52. The topological polar surface area (TPSA) is 103 Å². The highest BCUT2D eigenvalue weighted by Crippen LogP contribution is 2.28. The van der Waals surface area contributed by atoms with Gasteiger partial charge in [0, 0.05) is 17.1 Å². The summed E-state index contributed by atoms with van der Waals surface area (Å²) in [7, 11) is 3.08. The lowest BCUT2D eigenvalue weighted by Crippen LogP contribution is -2.35. The van der Waals surface area contributed by atoms with Crippen LogP contribution in [0.2, 0.25) is 5.02 Å². The van der Waals surface area contributed by atoms with E-state index < -0.39 is 24.4 Å². The standard InChI is InChI=1S/C22H25ClN2O6/c1-14-16(23)5-4-6-17(14)25-20(26)12-24-21(27)13-31-22(28)10-8-15-7-9-18(29-2)19(11-15)30-3/h4-7,9,11H,8,10,12-13H2,1-3H3,(H,24,27)(H,25,26). The second kappa shape index (κ2) is 11.8. The maximum atomic E-state index is 12.0. The fourth-order valence-corrected chi connectivity index (χ4v) is 2.84. The van der Waals surface area contributed by atoms with E-state index in [4.69, 9.17) is 25.8 Å². The number of nitrogens with one attached hydrogen (secondary N) is 2. The molecule has 2 rings (SSSR count). The van der Waals surface area contributed by atoms with Gasteiger partial charge in [0.25, 0.3) is 5.91 Å². The summed E-state index contributed by atoms with van der Waals surface area (Å²) in [6, 6.07) is 10.5. The number of hydrogen-bond acceptors (Lipinski definition) is 6. The van der Waals surface area contributed by atoms with Gasteiger partial charge in [-0.1, -0.05) is 23.7 Å². The van der Waals surface area contributed by atoms with Crippen LogP contribution in [0.1, 0.15) is 17.5 Å². The third kappa shape index (κ3) is 7.49. The average molecular weight is 449 g/mol. The highest BCUT2D eigenvalue weighted by molar-refractivity contribution is 6.31. The van der Waals surface area contributed by atoms with Crippen LogP contribution in [-0.2, 0) is 25.5 Å². The van der Waals surface area contributed by atoms with Gasteiger partial charge in [-0.25, -0.2) is 0 Å². The number of hydrogen-bond donors (Lipinski definition) is 2. The first kappa shape index (κ1) is 24.0. The van der Waals surface area contributed by atoms with Crippen molar-refractivity contribution in [3.63, 3.8) is 0 Å². The molecule has 0 saturated heterocycles. The molecule has 0 radical (unpaired) electrons. The van der Waals surface area contributed by atoms with E-state index in [0.717, 1.165) is 11.1 Å². The Morgan fingerprint density at radius 1 is 1.00 bits per heavy atom. The van der Waals surface area contributed by atoms with E-state index in [1.807, 2.05) is 6.07 Å². The second-order valence-electron chi connectivity index (χ2n) is 6.59. The highest BCUT2D eigenvalue weighted by Gasteiger charge is 2.12. The molecule has 0 aliphatic heterocycles. The van der Waals surface area contributed by atoms with Crippen molar-refractivity contribution in [2.75, 3.05) is 32.7 Å². The van der Waals surface area contributed by atoms with Gasteiger partial charge in [0.15, 0.2) is 18.1 Å². The predicted molar refractivity (Wildman–Crippen MR) is 117 cm³/mol. The number of anilines is 1. The van der Waals surface area contributed by atoms with Crippen LogP contribution in [0.3, 0.4) is 0 Å². The Morgan fingerprint density at radius 2 is 1.74 bits per heavy atom. The zero-order chi connectivity index (χ0) is 22.8. The van der Waals surface area contributed by atoms with Crippen LogP contribution in [0.4, 0.5) is 5.69 Å². The van der Waals surface area contributed by atoms with Crippen LogP contribution in [0.15, 0.2) is 36.4 Å². The van der Waals surface area contributed by atoms with Crippen LogP contribution in [-0.4, -0.2) is 45.2 Å². The lowest BCUT2D eigenvalue weighted by molar-refractivity contribution is -0.148. The van der Waals surface area contributed by atoms with Crippen LogP contribution >= 0.6 is 11.6 Å². The van der Waals surface area contributed by atoms with Gasteiger partial charge in [0.1, 0.15) is 0 Å². The summed E-state index contributed by atoms with van der Waals surface area (Å²) in [5.74, 6) is -0.348. The molecule has 0 spiro atoms. The summed E-state index contributed by atoms with van der Waals surface area (Å²) in [5, 5.41) is 5.59. The van der Waals surface area contributed by atoms with E-state index in [1.54, 1.807) is 44.4 Å². The van der Waals surface area contributed by atoms with Crippen molar-refractivity contribution in [2.45, 2.75) is 19.8 Å². The molecule has 0 aromatic heterocycles. The number of carbonyl (C=O) groups excluding carboxylic acids is 3. The van der Waals surface area contributed by atoms with Crippen LogP contribution in [0.25, 0.3) is 0 Å². The monoisotopic (exact) mass is 448 g/mol. The molecule has 166 valence electrons. The second-order valence-corrected chi connectivity index (χ2v) is 6.99. The predicted octanol–water partition coefficient (Wildman–Crippen LogP) is 2.90. The molecule has 2 amide bonds. The highest BCUT2D eigenvalue weighted by atomic mass is 35.5. The average Bonchev–Trinajstić information content (AvgIpc) is 2.77. The van der Waals surface area contributed by atoms with Gasteiger partial charge in [-0.05, 0) is 48.7 Å². The summed E-state index contributed by atoms with van der Waals surface area (Å²) < 4.78 is 15.4. The van der Waals surface area contributed by atoms with Gasteiger partial charge in [0.2, 0.25) is 5.91 Å². The minimum atomic E-state index is -0.572. The molecule has 2 aromatic rings. The first-order valence-corrected chi connectivity index (χ1v) is 9.90. The molecule has 0 saturated carbocycles. The largest absolute Gasteiger partial charge is 0.493 e. The van der Waals surface area contributed by atoms with Gasteiger partial charge in [-0.15, -0.1) is 0 Å². The van der Waals surface area contributed by atoms with E-state index in [9.17, 15) is 14.4 Å². The van der Waals surface area contributed by atoms with Crippen molar-refractivity contribution >= 4 is 35.1 Å². The van der Waals surface area contributed by atoms with Crippen LogP contribution in [0, 0.1) is 6.92 Å². The summed E-state index contributed by atoms with van der Waals surface area (Å²) in [4.78, 5) is 35.7. The molecule has 2 N–H and O–H groups in total. The Kier molecular flexibility index (Phi) is 9.14. The number of ether oxygens (including phenoxy) is 3. The minimum Gasteiger partial charge on any atom is -0.493 e. The SMILES string of the molecule is COc1ccc(CCC(=O)OCC(=O)NCC(=O)Nc2cccc(Cl)c2C)cc1OC. The van der Waals surface area contributed by atoms with Crippen molar-refractivity contribution < 1.29 is 28.6 Å². The molecular formula is C22H25ClN2O6. The molecule has 0 aliphatic carbocycles. The van der Waals surface area contributed by atoms with Crippen molar-refractivity contribution in [3.05, 3.63) is 52.5 Å². The number of benzene rings is 2. The van der Waals surface area contributed by atoms with Crippen LogP contribution < -0.4 is 20.1 Å². The molecule has 8 nitrogen and oxygen atoms in total. The van der Waals surface area contributed by atoms with Crippen molar-refractivity contribution in [1.82, 2.24) is 5.32 Å². The van der Waals surface area contributed by atoms with Crippen molar-refractivity contribution in [2.24, 2.45) is 0 Å². The molecule has 0 bridgehead atoms. The quantitative estimate of drug-likeness (QED) is 0.542. The lowest BCUT2D eigenvalue weighted by Gasteiger charge is -2.11. The Labute approximate surface area is 185 Å². The third-order valence-corrected chi connectivity index (χ3v) is 4.83. The van der Waals surface area contributed by atoms with E-state index >= 15 is 0 Å². The van der Waals surface area contributed by atoms with E-state index in [2.05, 4.69) is 10.6 Å². The normalized spacial score (nSPS) is 10.2. The Morgan fingerprint density at radius 3 is 2.45 bits per heavy atom. The number of esters is 1. The molecule has 0 atom stereocenters. The first-order chi connectivity index (χ1) is 14.8. The molecule has 0 fully saturated rings. The summed E-state index contributed by atoms with van der Waals surface area (Å²) >= 11 is 6.01. The Bertz CT molecular complexity index is 948. The zero-order valence-electron chi connectivity index (χ0n) is 17.6. The van der Waals surface area contributed by atoms with E-state index in [0.29, 0.717) is 28.6 Å². The molecule has 0 aliphatic rings. The van der Waals surface area contributed by atoms with Gasteiger partial charge in [-0.2, -0.15) is 0 Å². The number of aryl methyl sites for hydroxylation is 1. The van der Waals surface area contributed by atoms with Gasteiger partial charge in [0.05, 0.1) is 20.8 Å². The van der Waals surface area contributed by atoms with Crippen molar-refractivity contribution in [1.29, 1.82) is 0 Å². The Balaban J connectivity index is 1.70. The molecule has 31 heavy (non-hydrogen) atoms. The summed E-state index contributed by atoms with van der Waals surface area (Å²) in [5.41, 5.74) is 2.16. The number of methoxy groups -OCH3 is 2. The number of halogens is 1. The Hall–Kier alpha value is -3.26. The lowest BCUT2D eigenvalue weighted by atomic mass is 10.1. The van der Waals surface area contributed by atoms with Gasteiger partial charge >= 0.3 is 5.97 Å². The molecule has 2 aromatic carbocycles. The van der Waals surface area contributed by atoms with E-state index in [1.165, 1.54) is 7.11 Å².